The number of rotatable bonds is 3. The fourth-order valence-corrected chi connectivity index (χ4v) is 3.28. The number of carbonyl (C=O) groups is 1. The maximum atomic E-state index is 13.2. The van der Waals surface area contributed by atoms with Gasteiger partial charge in [-0.2, -0.15) is 31.4 Å². The van der Waals surface area contributed by atoms with E-state index in [2.05, 4.69) is 10.1 Å². The van der Waals surface area contributed by atoms with Gasteiger partial charge in [0.1, 0.15) is 5.56 Å². The molecule has 2 aromatic heterocycles. The summed E-state index contributed by atoms with van der Waals surface area (Å²) in [5, 5.41) is 13.7. The lowest BCUT2D eigenvalue weighted by Gasteiger charge is -2.36. The lowest BCUT2D eigenvalue weighted by atomic mass is 9.92. The minimum Gasteiger partial charge on any atom is -0.373 e. The molecule has 0 bridgehead atoms. The van der Waals surface area contributed by atoms with Gasteiger partial charge in [-0.05, 0) is 38.0 Å². The number of aromatic nitrogens is 3. The molecule has 164 valence electrons. The molecule has 0 aromatic carbocycles. The molecule has 30 heavy (non-hydrogen) atoms. The van der Waals surface area contributed by atoms with Gasteiger partial charge >= 0.3 is 12.4 Å². The van der Waals surface area contributed by atoms with E-state index in [1.165, 1.54) is 24.5 Å². The van der Waals surface area contributed by atoms with Crippen LogP contribution >= 0.6 is 0 Å². The Morgan fingerprint density at radius 1 is 1.13 bits per heavy atom. The van der Waals surface area contributed by atoms with Crippen LogP contribution in [0.5, 0.6) is 0 Å². The predicted molar refractivity (Wildman–Crippen MR) is 91.6 cm³/mol. The molecule has 3 heterocycles. The van der Waals surface area contributed by atoms with E-state index < -0.39 is 29.4 Å². The van der Waals surface area contributed by atoms with Crippen LogP contribution in [0, 0.1) is 0 Å². The number of amides is 1. The molecule has 0 spiro atoms. The first-order chi connectivity index (χ1) is 13.8. The van der Waals surface area contributed by atoms with Gasteiger partial charge in [0.2, 0.25) is 5.60 Å². The van der Waals surface area contributed by atoms with Gasteiger partial charge in [0.05, 0.1) is 5.69 Å². The van der Waals surface area contributed by atoms with Crippen LogP contribution in [0.3, 0.4) is 0 Å². The normalized spacial score (nSPS) is 18.3. The quantitative estimate of drug-likeness (QED) is 0.750. The Kier molecular flexibility index (Phi) is 5.56. The number of hydrogen-bond acceptors (Lipinski definition) is 4. The van der Waals surface area contributed by atoms with Crippen LogP contribution < -0.4 is 0 Å². The van der Waals surface area contributed by atoms with Crippen LogP contribution in [0.15, 0.2) is 30.6 Å². The lowest BCUT2D eigenvalue weighted by molar-refractivity contribution is -0.250. The van der Waals surface area contributed by atoms with Crippen LogP contribution in [0.2, 0.25) is 0 Å². The molecular weight excluding hydrogens is 418 g/mol. The Bertz CT molecular complexity index is 914. The van der Waals surface area contributed by atoms with Crippen molar-refractivity contribution in [1.82, 2.24) is 19.7 Å². The van der Waals surface area contributed by atoms with Gasteiger partial charge in [0.15, 0.2) is 5.82 Å². The number of aliphatic hydroxyl groups is 1. The first kappa shape index (κ1) is 22.1. The number of carbonyl (C=O) groups excluding carboxylic acids is 1. The molecule has 1 aliphatic rings. The summed E-state index contributed by atoms with van der Waals surface area (Å²) in [7, 11) is 0. The molecule has 2 aromatic rings. The predicted octanol–water partition coefficient (Wildman–Crippen LogP) is 3.31. The van der Waals surface area contributed by atoms with Gasteiger partial charge in [-0.15, -0.1) is 0 Å². The molecule has 1 amide bonds. The first-order valence-corrected chi connectivity index (χ1v) is 8.99. The number of pyridine rings is 1. The van der Waals surface area contributed by atoms with E-state index in [4.69, 9.17) is 0 Å². The minimum atomic E-state index is -5.10. The smallest absolute Gasteiger partial charge is 0.373 e. The molecule has 3 rings (SSSR count). The second-order valence-electron chi connectivity index (χ2n) is 7.19. The van der Waals surface area contributed by atoms with E-state index in [-0.39, 0.29) is 37.7 Å². The maximum absolute atomic E-state index is 13.2. The molecule has 0 saturated carbocycles. The highest BCUT2D eigenvalue weighted by molar-refractivity contribution is 5.85. The van der Waals surface area contributed by atoms with Crippen molar-refractivity contribution in [1.29, 1.82) is 0 Å². The molecule has 1 saturated heterocycles. The SMILES string of the molecule is C[C@@](O)(C(=O)N1CCC(c2ccn(-c3ncccc3C(F)(F)F)n2)CC1)C(F)(F)F. The Labute approximate surface area is 167 Å². The van der Waals surface area contributed by atoms with Crippen molar-refractivity contribution < 1.29 is 36.2 Å². The lowest BCUT2D eigenvalue weighted by Crippen LogP contribution is -2.57. The van der Waals surface area contributed by atoms with Crippen LogP contribution in [0.4, 0.5) is 26.3 Å². The zero-order chi connectivity index (χ0) is 22.3. The largest absolute Gasteiger partial charge is 0.426 e. The highest BCUT2D eigenvalue weighted by Crippen LogP contribution is 2.35. The van der Waals surface area contributed by atoms with Gasteiger partial charge < -0.3 is 10.0 Å². The van der Waals surface area contributed by atoms with Crippen molar-refractivity contribution in [2.45, 2.75) is 43.6 Å². The molecule has 1 atom stereocenters. The van der Waals surface area contributed by atoms with Crippen LogP contribution in [0.1, 0.15) is 36.9 Å². The van der Waals surface area contributed by atoms with Gasteiger partial charge in [-0.1, -0.05) is 0 Å². The summed E-state index contributed by atoms with van der Waals surface area (Å²) < 4.78 is 79.1. The van der Waals surface area contributed by atoms with Crippen LogP contribution in [0.25, 0.3) is 5.82 Å². The fourth-order valence-electron chi connectivity index (χ4n) is 3.28. The number of nitrogens with zero attached hydrogens (tertiary/aromatic N) is 4. The van der Waals surface area contributed by atoms with Crippen molar-refractivity contribution in [3.63, 3.8) is 0 Å². The topological polar surface area (TPSA) is 71.2 Å². The second kappa shape index (κ2) is 7.56. The van der Waals surface area contributed by atoms with E-state index in [0.29, 0.717) is 12.6 Å². The third kappa shape index (κ3) is 4.13. The molecule has 0 unspecified atom stereocenters. The standard InChI is InChI=1S/C18H18F6N4O2/c1-16(30,18(22,23)24)15(29)27-8-4-11(5-9-27)13-6-10-28(26-13)14-12(17(19,20)21)3-2-7-25-14/h2-3,6-7,10-11,30H,4-5,8-9H2,1H3/t16-/m1/s1. The van der Waals surface area contributed by atoms with Crippen LogP contribution in [-0.2, 0) is 11.0 Å². The molecule has 12 heteroatoms. The average Bonchev–Trinajstić information content (AvgIpc) is 3.16. The summed E-state index contributed by atoms with van der Waals surface area (Å²) in [6, 6.07) is 3.57. The summed E-state index contributed by atoms with van der Waals surface area (Å²) in [6.45, 7) is 0.328. The van der Waals surface area contributed by atoms with Gasteiger partial charge in [-0.25, -0.2) is 9.67 Å². The molecule has 6 nitrogen and oxygen atoms in total. The van der Waals surface area contributed by atoms with Crippen molar-refractivity contribution in [2.75, 3.05) is 13.1 Å². The highest BCUT2D eigenvalue weighted by Gasteiger charge is 2.57. The van der Waals surface area contributed by atoms with Crippen molar-refractivity contribution in [2.24, 2.45) is 0 Å². The molecule has 1 aliphatic heterocycles. The van der Waals surface area contributed by atoms with Crippen molar-refractivity contribution in [3.05, 3.63) is 41.9 Å². The third-order valence-electron chi connectivity index (χ3n) is 5.09. The summed E-state index contributed by atoms with van der Waals surface area (Å²) in [5.74, 6) is -2.07. The zero-order valence-corrected chi connectivity index (χ0v) is 15.7. The molecule has 0 radical (unpaired) electrons. The van der Waals surface area contributed by atoms with Gasteiger partial charge in [0, 0.05) is 31.4 Å². The molecular formula is C18H18F6N4O2. The Morgan fingerprint density at radius 3 is 2.33 bits per heavy atom. The highest BCUT2D eigenvalue weighted by atomic mass is 19.4. The molecule has 0 aliphatic carbocycles. The third-order valence-corrected chi connectivity index (χ3v) is 5.09. The average molecular weight is 436 g/mol. The first-order valence-electron chi connectivity index (χ1n) is 8.99. The second-order valence-corrected chi connectivity index (χ2v) is 7.19. The number of likely N-dealkylation sites (tertiary alicyclic amines) is 1. The van der Waals surface area contributed by atoms with Crippen molar-refractivity contribution in [3.8, 4) is 5.82 Å². The van der Waals surface area contributed by atoms with Crippen molar-refractivity contribution >= 4 is 5.91 Å². The van der Waals surface area contributed by atoms with Crippen LogP contribution in [-0.4, -0.2) is 55.5 Å². The van der Waals surface area contributed by atoms with E-state index >= 15 is 0 Å². The summed E-state index contributed by atoms with van der Waals surface area (Å²) in [4.78, 5) is 16.7. The number of halogens is 6. The zero-order valence-electron chi connectivity index (χ0n) is 15.7. The number of hydrogen-bond donors (Lipinski definition) is 1. The maximum Gasteiger partial charge on any atom is 0.426 e. The van der Waals surface area contributed by atoms with Gasteiger partial charge in [-0.3, -0.25) is 4.79 Å². The number of piperidine rings is 1. The number of alkyl halides is 6. The molecule has 1 N–H and O–H groups in total. The van der Waals surface area contributed by atoms with E-state index in [1.54, 1.807) is 0 Å². The monoisotopic (exact) mass is 436 g/mol. The van der Waals surface area contributed by atoms with E-state index in [0.717, 1.165) is 15.6 Å². The summed E-state index contributed by atoms with van der Waals surface area (Å²) >= 11 is 0. The Balaban J connectivity index is 1.72. The van der Waals surface area contributed by atoms with E-state index in [1.807, 2.05) is 0 Å². The van der Waals surface area contributed by atoms with Gasteiger partial charge in [0.25, 0.3) is 5.91 Å². The Hall–Kier alpha value is -2.63. The summed E-state index contributed by atoms with van der Waals surface area (Å²) in [6.07, 6.45) is -6.66. The summed E-state index contributed by atoms with van der Waals surface area (Å²) in [5.41, 5.74) is -3.98. The fraction of sp³-hybridized carbons (Fsp3) is 0.500. The minimum absolute atomic E-state index is 0.0417. The Morgan fingerprint density at radius 2 is 1.77 bits per heavy atom. The molecule has 1 fully saturated rings. The van der Waals surface area contributed by atoms with E-state index in [9.17, 15) is 36.2 Å².